The number of furan rings is 1. The van der Waals surface area contributed by atoms with Crippen LogP contribution in [0, 0.1) is 0 Å². The maximum Gasteiger partial charge on any atom is 0.160 e. The first kappa shape index (κ1) is 32.3. The van der Waals surface area contributed by atoms with Crippen molar-refractivity contribution in [1.82, 2.24) is 9.97 Å². The van der Waals surface area contributed by atoms with Crippen molar-refractivity contribution in [3.63, 3.8) is 0 Å². The van der Waals surface area contributed by atoms with E-state index in [0.717, 1.165) is 55.6 Å². The standard InChI is InChI=1S/C53H32N2OS/c1-2-14-33(15-3-1)52-54-46(32-47(55-52)36-28-29-41-40-20-6-10-26-48(40)56-49(41)31-36)35-17-12-16-34(30-35)37-21-13-25-45-51(37)57-50-27-11-9-24-44(50)53(45)42-22-7-4-18-38(42)39-19-5-8-23-43(39)53/h1-32H. The summed E-state index contributed by atoms with van der Waals surface area (Å²) >= 11 is 1.88. The topological polar surface area (TPSA) is 38.9 Å². The average molecular weight is 745 g/mol. The van der Waals surface area contributed by atoms with Crippen molar-refractivity contribution in [2.45, 2.75) is 15.2 Å². The second-order valence-corrected chi connectivity index (χ2v) is 15.9. The first-order valence-electron chi connectivity index (χ1n) is 19.3. The molecule has 3 nitrogen and oxygen atoms in total. The van der Waals surface area contributed by atoms with Gasteiger partial charge in [0.25, 0.3) is 0 Å². The third-order valence-electron chi connectivity index (χ3n) is 11.8. The number of benzene rings is 8. The minimum absolute atomic E-state index is 0.426. The van der Waals surface area contributed by atoms with Gasteiger partial charge in [-0.3, -0.25) is 0 Å². The van der Waals surface area contributed by atoms with Crippen LogP contribution in [0.25, 0.3) is 78.1 Å². The van der Waals surface area contributed by atoms with E-state index < -0.39 is 5.41 Å². The largest absolute Gasteiger partial charge is 0.456 e. The van der Waals surface area contributed by atoms with E-state index in [-0.39, 0.29) is 0 Å². The molecule has 8 aromatic carbocycles. The monoisotopic (exact) mass is 744 g/mol. The number of para-hydroxylation sites is 1. The normalized spacial score (nSPS) is 13.3. The summed E-state index contributed by atoms with van der Waals surface area (Å²) in [7, 11) is 0. The molecule has 0 atom stereocenters. The van der Waals surface area contributed by atoms with E-state index in [1.165, 1.54) is 48.7 Å². The molecule has 0 fully saturated rings. The summed E-state index contributed by atoms with van der Waals surface area (Å²) in [5, 5.41) is 2.21. The summed E-state index contributed by atoms with van der Waals surface area (Å²) in [6.45, 7) is 0. The van der Waals surface area contributed by atoms with Gasteiger partial charge in [-0.25, -0.2) is 9.97 Å². The predicted octanol–water partition coefficient (Wildman–Crippen LogP) is 13.9. The van der Waals surface area contributed by atoms with Crippen LogP contribution >= 0.6 is 11.8 Å². The van der Waals surface area contributed by atoms with Gasteiger partial charge in [-0.2, -0.15) is 0 Å². The Labute approximate surface area is 334 Å². The Morgan fingerprint density at radius 1 is 0.386 bits per heavy atom. The van der Waals surface area contributed by atoms with Crippen molar-refractivity contribution < 1.29 is 4.42 Å². The van der Waals surface area contributed by atoms with E-state index in [1.54, 1.807) is 0 Å². The fourth-order valence-corrected chi connectivity index (χ4v) is 10.6. The minimum Gasteiger partial charge on any atom is -0.456 e. The van der Waals surface area contributed by atoms with Crippen LogP contribution < -0.4 is 0 Å². The lowest BCUT2D eigenvalue weighted by Crippen LogP contribution is -2.32. The molecule has 0 unspecified atom stereocenters. The van der Waals surface area contributed by atoms with Crippen LogP contribution in [0.4, 0.5) is 0 Å². The maximum atomic E-state index is 6.30. The molecule has 3 heterocycles. The van der Waals surface area contributed by atoms with Gasteiger partial charge in [0.05, 0.1) is 16.8 Å². The predicted molar refractivity (Wildman–Crippen MR) is 232 cm³/mol. The van der Waals surface area contributed by atoms with Crippen molar-refractivity contribution >= 4 is 33.7 Å². The van der Waals surface area contributed by atoms with Crippen LogP contribution in [0.2, 0.25) is 0 Å². The zero-order valence-electron chi connectivity index (χ0n) is 30.7. The second kappa shape index (κ2) is 12.5. The molecule has 10 aromatic rings. The second-order valence-electron chi connectivity index (χ2n) is 14.8. The highest BCUT2D eigenvalue weighted by atomic mass is 32.2. The molecule has 0 saturated heterocycles. The summed E-state index contributed by atoms with van der Waals surface area (Å²) < 4.78 is 6.30. The Morgan fingerprint density at radius 3 is 1.77 bits per heavy atom. The lowest BCUT2D eigenvalue weighted by Gasteiger charge is -2.40. The number of fused-ring (bicyclic) bond motifs is 12. The number of nitrogens with zero attached hydrogens (tertiary/aromatic N) is 2. The lowest BCUT2D eigenvalue weighted by molar-refractivity contribution is 0.669. The molecule has 0 saturated carbocycles. The van der Waals surface area contributed by atoms with Gasteiger partial charge in [0.1, 0.15) is 11.2 Å². The molecule has 4 heteroatoms. The molecule has 0 amide bonds. The molecular formula is C53H32N2OS. The third kappa shape index (κ3) is 4.81. The average Bonchev–Trinajstić information content (AvgIpc) is 3.80. The van der Waals surface area contributed by atoms with E-state index in [9.17, 15) is 0 Å². The van der Waals surface area contributed by atoms with E-state index >= 15 is 0 Å². The molecule has 57 heavy (non-hydrogen) atoms. The molecule has 12 rings (SSSR count). The lowest BCUT2D eigenvalue weighted by atomic mass is 9.67. The molecule has 0 N–H and O–H groups in total. The van der Waals surface area contributed by atoms with Crippen LogP contribution in [0.15, 0.2) is 208 Å². The summed E-state index contributed by atoms with van der Waals surface area (Å²) in [5.74, 6) is 0.683. The van der Waals surface area contributed by atoms with Crippen LogP contribution in [0.3, 0.4) is 0 Å². The van der Waals surface area contributed by atoms with Crippen molar-refractivity contribution in [2.75, 3.05) is 0 Å². The van der Waals surface area contributed by atoms with Crippen LogP contribution in [0.1, 0.15) is 22.3 Å². The Morgan fingerprint density at radius 2 is 0.965 bits per heavy atom. The van der Waals surface area contributed by atoms with Crippen molar-refractivity contribution in [3.05, 3.63) is 216 Å². The quantitative estimate of drug-likeness (QED) is 0.180. The molecule has 0 bridgehead atoms. The smallest absolute Gasteiger partial charge is 0.160 e. The maximum absolute atomic E-state index is 6.30. The summed E-state index contributed by atoms with van der Waals surface area (Å²) in [5.41, 5.74) is 16.3. The molecule has 1 aliphatic carbocycles. The molecule has 266 valence electrons. The fourth-order valence-electron chi connectivity index (χ4n) is 9.30. The Balaban J connectivity index is 1.04. The van der Waals surface area contributed by atoms with E-state index in [2.05, 4.69) is 164 Å². The van der Waals surface area contributed by atoms with E-state index in [1.807, 2.05) is 42.1 Å². The molecule has 0 radical (unpaired) electrons. The van der Waals surface area contributed by atoms with Crippen LogP contribution in [-0.2, 0) is 5.41 Å². The van der Waals surface area contributed by atoms with Crippen molar-refractivity contribution in [1.29, 1.82) is 0 Å². The van der Waals surface area contributed by atoms with Crippen molar-refractivity contribution in [3.8, 4) is 56.2 Å². The first-order valence-corrected chi connectivity index (χ1v) is 20.1. The Bertz CT molecular complexity index is 3190. The molecular weight excluding hydrogens is 713 g/mol. The van der Waals surface area contributed by atoms with Gasteiger partial charge in [-0.1, -0.05) is 169 Å². The highest BCUT2D eigenvalue weighted by Crippen LogP contribution is 2.63. The van der Waals surface area contributed by atoms with Crippen molar-refractivity contribution in [2.24, 2.45) is 0 Å². The van der Waals surface area contributed by atoms with Gasteiger partial charge in [-0.15, -0.1) is 0 Å². The zero-order chi connectivity index (χ0) is 37.5. The molecule has 2 aromatic heterocycles. The third-order valence-corrected chi connectivity index (χ3v) is 13.0. The van der Waals surface area contributed by atoms with Gasteiger partial charge in [0.2, 0.25) is 0 Å². The first-order chi connectivity index (χ1) is 28.2. The number of hydrogen-bond acceptors (Lipinski definition) is 4. The summed E-state index contributed by atoms with van der Waals surface area (Å²) in [6.07, 6.45) is 0. The molecule has 1 spiro atoms. The van der Waals surface area contributed by atoms with Gasteiger partial charge in [-0.05, 0) is 80.9 Å². The van der Waals surface area contributed by atoms with Crippen LogP contribution in [-0.4, -0.2) is 9.97 Å². The van der Waals surface area contributed by atoms with Gasteiger partial charge in [0.15, 0.2) is 5.82 Å². The summed E-state index contributed by atoms with van der Waals surface area (Å²) in [4.78, 5) is 12.9. The van der Waals surface area contributed by atoms with Gasteiger partial charge < -0.3 is 4.42 Å². The number of aromatic nitrogens is 2. The molecule has 2 aliphatic rings. The summed E-state index contributed by atoms with van der Waals surface area (Å²) in [6, 6.07) is 69.6. The highest BCUT2D eigenvalue weighted by molar-refractivity contribution is 7.99. The van der Waals surface area contributed by atoms with Gasteiger partial charge >= 0.3 is 0 Å². The van der Waals surface area contributed by atoms with E-state index in [4.69, 9.17) is 14.4 Å². The molecule has 1 aliphatic heterocycles. The zero-order valence-corrected chi connectivity index (χ0v) is 31.5. The van der Waals surface area contributed by atoms with E-state index in [0.29, 0.717) is 5.82 Å². The van der Waals surface area contributed by atoms with Crippen LogP contribution in [0.5, 0.6) is 0 Å². The fraction of sp³-hybridized carbons (Fsp3) is 0.0189. The highest BCUT2D eigenvalue weighted by Gasteiger charge is 2.50. The minimum atomic E-state index is -0.426. The Kier molecular flexibility index (Phi) is 7.08. The number of rotatable bonds is 4. The van der Waals surface area contributed by atoms with Gasteiger partial charge in [0, 0.05) is 37.3 Å². The number of hydrogen-bond donors (Lipinski definition) is 0. The Hall–Kier alpha value is -7.01. The SMILES string of the molecule is c1ccc(-c2nc(-c3cccc(-c4cccc5c4Sc4ccccc4C54c5ccccc5-c5ccccc54)c3)cc(-c3ccc4c(c3)oc3ccccc34)n2)cc1.